The topological polar surface area (TPSA) is 66.9 Å². The van der Waals surface area contributed by atoms with E-state index >= 15 is 0 Å². The Balaban J connectivity index is 1.65. The molecule has 2 aliphatic rings. The van der Waals surface area contributed by atoms with Crippen LogP contribution >= 0.6 is 0 Å². The highest BCUT2D eigenvalue weighted by atomic mass is 16.5. The molecule has 3 rings (SSSR count). The number of carbonyl (C=O) groups excluding carboxylic acids is 3. The molecule has 1 aliphatic heterocycles. The number of carbonyl (C=O) groups is 3. The van der Waals surface area contributed by atoms with Gasteiger partial charge in [-0.25, -0.2) is 4.79 Å². The predicted molar refractivity (Wildman–Crippen MR) is 78.8 cm³/mol. The molecule has 3 amide bonds. The van der Waals surface area contributed by atoms with E-state index in [1.165, 1.54) is 0 Å². The summed E-state index contributed by atoms with van der Waals surface area (Å²) in [5.41, 5.74) is 0.467. The zero-order valence-corrected chi connectivity index (χ0v) is 12.4. The summed E-state index contributed by atoms with van der Waals surface area (Å²) < 4.78 is 5.32. The lowest BCUT2D eigenvalue weighted by Crippen LogP contribution is -2.37. The Morgan fingerprint density at radius 2 is 1.91 bits per heavy atom. The molecule has 2 fully saturated rings. The predicted octanol–water partition coefficient (Wildman–Crippen LogP) is 1.69. The number of amides is 3. The molecule has 1 saturated heterocycles. The summed E-state index contributed by atoms with van der Waals surface area (Å²) in [5.74, 6) is 0.144. The second-order valence-electron chi connectivity index (χ2n) is 5.50. The van der Waals surface area contributed by atoms with Gasteiger partial charge in [-0.1, -0.05) is 0 Å². The molecule has 1 saturated carbocycles. The molecular formula is C16H18N2O4. The first kappa shape index (κ1) is 14.6. The zero-order chi connectivity index (χ0) is 15.7. The smallest absolute Gasteiger partial charge is 0.327 e. The van der Waals surface area contributed by atoms with E-state index in [1.54, 1.807) is 29.2 Å². The molecule has 22 heavy (non-hydrogen) atoms. The van der Waals surface area contributed by atoms with Gasteiger partial charge in [0.1, 0.15) is 12.3 Å². The summed E-state index contributed by atoms with van der Waals surface area (Å²) >= 11 is 0. The fraction of sp³-hybridized carbons (Fsp3) is 0.438. The maximum atomic E-state index is 12.2. The van der Waals surface area contributed by atoms with E-state index in [1.807, 2.05) is 6.92 Å². The monoisotopic (exact) mass is 302 g/mol. The molecule has 0 aromatic heterocycles. The molecule has 0 radical (unpaired) electrons. The van der Waals surface area contributed by atoms with Gasteiger partial charge in [0.25, 0.3) is 5.91 Å². The largest absolute Gasteiger partial charge is 0.494 e. The minimum absolute atomic E-state index is 0.0973. The van der Waals surface area contributed by atoms with Crippen molar-refractivity contribution in [1.82, 2.24) is 9.80 Å². The second-order valence-corrected chi connectivity index (χ2v) is 5.50. The van der Waals surface area contributed by atoms with Crippen LogP contribution in [0.5, 0.6) is 5.75 Å². The van der Waals surface area contributed by atoms with Gasteiger partial charge >= 0.3 is 6.03 Å². The van der Waals surface area contributed by atoms with Crippen LogP contribution < -0.4 is 4.74 Å². The maximum Gasteiger partial charge on any atom is 0.327 e. The van der Waals surface area contributed by atoms with Crippen molar-refractivity contribution < 1.29 is 19.1 Å². The molecule has 6 heteroatoms. The van der Waals surface area contributed by atoms with Crippen molar-refractivity contribution in [2.24, 2.45) is 0 Å². The summed E-state index contributed by atoms with van der Waals surface area (Å²) in [4.78, 5) is 39.0. The zero-order valence-electron chi connectivity index (χ0n) is 12.4. The van der Waals surface area contributed by atoms with E-state index in [0.29, 0.717) is 17.9 Å². The van der Waals surface area contributed by atoms with Crippen LogP contribution in [0.1, 0.15) is 30.1 Å². The first-order valence-electron chi connectivity index (χ1n) is 7.47. The Labute approximate surface area is 128 Å². The van der Waals surface area contributed by atoms with Crippen molar-refractivity contribution in [3.8, 4) is 5.75 Å². The van der Waals surface area contributed by atoms with Crippen LogP contribution in [-0.2, 0) is 4.79 Å². The van der Waals surface area contributed by atoms with E-state index in [9.17, 15) is 14.4 Å². The SMILES string of the molecule is CCOc1ccc(C(=O)CN2C(=O)CN(C3CC3)C2=O)cc1. The van der Waals surface area contributed by atoms with Crippen molar-refractivity contribution in [3.63, 3.8) is 0 Å². The van der Waals surface area contributed by atoms with Crippen molar-refractivity contribution >= 4 is 17.7 Å². The fourth-order valence-electron chi connectivity index (χ4n) is 2.53. The normalized spacial score (nSPS) is 18.0. The van der Waals surface area contributed by atoms with Gasteiger partial charge in [-0.3, -0.25) is 14.5 Å². The third-order valence-corrected chi connectivity index (χ3v) is 3.86. The highest BCUT2D eigenvalue weighted by molar-refractivity contribution is 6.08. The number of hydrogen-bond donors (Lipinski definition) is 0. The number of imide groups is 1. The number of nitrogens with zero attached hydrogens (tertiary/aromatic N) is 2. The second kappa shape index (κ2) is 5.79. The standard InChI is InChI=1S/C16H18N2O4/c1-2-22-13-7-3-11(4-8-13)14(19)9-18-15(20)10-17(16(18)21)12-5-6-12/h3-4,7-8,12H,2,5-6,9-10H2,1H3. The van der Waals surface area contributed by atoms with Gasteiger partial charge in [0.2, 0.25) is 0 Å². The minimum Gasteiger partial charge on any atom is -0.494 e. The molecule has 0 N–H and O–H groups in total. The van der Waals surface area contributed by atoms with Crippen molar-refractivity contribution in [2.45, 2.75) is 25.8 Å². The molecule has 0 atom stereocenters. The number of ketones is 1. The Bertz CT molecular complexity index is 607. The summed E-state index contributed by atoms with van der Waals surface area (Å²) in [6.45, 7) is 2.34. The lowest BCUT2D eigenvalue weighted by atomic mass is 10.1. The van der Waals surface area contributed by atoms with Crippen molar-refractivity contribution in [1.29, 1.82) is 0 Å². The van der Waals surface area contributed by atoms with Gasteiger partial charge in [0, 0.05) is 11.6 Å². The van der Waals surface area contributed by atoms with Crippen molar-refractivity contribution in [2.75, 3.05) is 19.7 Å². The Morgan fingerprint density at radius 3 is 2.50 bits per heavy atom. The summed E-state index contributed by atoms with van der Waals surface area (Å²) in [7, 11) is 0. The lowest BCUT2D eigenvalue weighted by molar-refractivity contribution is -0.125. The first-order chi connectivity index (χ1) is 10.6. The van der Waals surface area contributed by atoms with Gasteiger partial charge < -0.3 is 9.64 Å². The van der Waals surface area contributed by atoms with E-state index in [2.05, 4.69) is 0 Å². The third kappa shape index (κ3) is 2.81. The van der Waals surface area contributed by atoms with Gasteiger partial charge in [-0.05, 0) is 44.0 Å². The molecule has 1 heterocycles. The molecule has 1 aromatic carbocycles. The summed E-state index contributed by atoms with van der Waals surface area (Å²) in [6, 6.07) is 6.56. The molecule has 0 unspecified atom stereocenters. The van der Waals surface area contributed by atoms with Crippen LogP contribution in [0.2, 0.25) is 0 Å². The molecule has 1 aliphatic carbocycles. The van der Waals surface area contributed by atoms with Crippen LogP contribution in [0.15, 0.2) is 24.3 Å². The molecule has 6 nitrogen and oxygen atoms in total. The van der Waals surface area contributed by atoms with Crippen LogP contribution in [0, 0.1) is 0 Å². The Morgan fingerprint density at radius 1 is 1.23 bits per heavy atom. The number of ether oxygens (including phenoxy) is 1. The lowest BCUT2D eigenvalue weighted by Gasteiger charge is -2.15. The summed E-state index contributed by atoms with van der Waals surface area (Å²) in [5, 5.41) is 0. The van der Waals surface area contributed by atoms with E-state index in [0.717, 1.165) is 17.7 Å². The Kier molecular flexibility index (Phi) is 3.83. The van der Waals surface area contributed by atoms with Crippen LogP contribution in [0.25, 0.3) is 0 Å². The highest BCUT2D eigenvalue weighted by Gasteiger charge is 2.44. The molecule has 0 spiro atoms. The number of rotatable bonds is 6. The number of hydrogen-bond acceptors (Lipinski definition) is 4. The summed E-state index contributed by atoms with van der Waals surface area (Å²) in [6.07, 6.45) is 1.89. The number of benzene rings is 1. The molecule has 0 bridgehead atoms. The van der Waals surface area contributed by atoms with Gasteiger partial charge in [0.05, 0.1) is 13.2 Å². The minimum atomic E-state index is -0.341. The number of Topliss-reactive ketones (excluding diaryl/α,β-unsaturated/α-hetero) is 1. The first-order valence-corrected chi connectivity index (χ1v) is 7.47. The fourth-order valence-corrected chi connectivity index (χ4v) is 2.53. The van der Waals surface area contributed by atoms with Gasteiger partial charge in [-0.15, -0.1) is 0 Å². The van der Waals surface area contributed by atoms with Crippen LogP contribution in [0.3, 0.4) is 0 Å². The Hall–Kier alpha value is -2.37. The third-order valence-electron chi connectivity index (χ3n) is 3.86. The van der Waals surface area contributed by atoms with Crippen molar-refractivity contribution in [3.05, 3.63) is 29.8 Å². The molecule has 116 valence electrons. The quantitative estimate of drug-likeness (QED) is 0.592. The van der Waals surface area contributed by atoms with E-state index in [4.69, 9.17) is 4.74 Å². The van der Waals surface area contributed by atoms with Crippen LogP contribution in [0.4, 0.5) is 4.79 Å². The molecular weight excluding hydrogens is 284 g/mol. The average Bonchev–Trinajstić information content (AvgIpc) is 3.31. The molecule has 1 aromatic rings. The van der Waals surface area contributed by atoms with Crippen LogP contribution in [-0.4, -0.2) is 53.3 Å². The maximum absolute atomic E-state index is 12.2. The van der Waals surface area contributed by atoms with Gasteiger partial charge in [-0.2, -0.15) is 0 Å². The van der Waals surface area contributed by atoms with Gasteiger partial charge in [0.15, 0.2) is 5.78 Å². The van der Waals surface area contributed by atoms with E-state index in [-0.39, 0.29) is 36.9 Å². The van der Waals surface area contributed by atoms with E-state index < -0.39 is 0 Å². The number of urea groups is 1. The highest BCUT2D eigenvalue weighted by Crippen LogP contribution is 2.30. The average molecular weight is 302 g/mol.